The van der Waals surface area contributed by atoms with Crippen LogP contribution >= 0.6 is 0 Å². The molecule has 0 saturated carbocycles. The van der Waals surface area contributed by atoms with Crippen molar-refractivity contribution in [1.29, 1.82) is 0 Å². The summed E-state index contributed by atoms with van der Waals surface area (Å²) in [7, 11) is 1.79. The van der Waals surface area contributed by atoms with Gasteiger partial charge < -0.3 is 9.80 Å². The third-order valence-electron chi connectivity index (χ3n) is 3.10. The van der Waals surface area contributed by atoms with Crippen molar-refractivity contribution in [2.45, 2.75) is 19.4 Å². The summed E-state index contributed by atoms with van der Waals surface area (Å²) < 4.78 is 12.7. The number of halogens is 1. The first kappa shape index (κ1) is 11.8. The zero-order chi connectivity index (χ0) is 12.4. The summed E-state index contributed by atoms with van der Waals surface area (Å²) in [5, 5.41) is 0. The fourth-order valence-corrected chi connectivity index (χ4v) is 1.97. The molecule has 1 saturated heterocycles. The molecule has 17 heavy (non-hydrogen) atoms. The van der Waals surface area contributed by atoms with Crippen LogP contribution in [-0.2, 0) is 4.79 Å². The molecule has 92 valence electrons. The molecule has 0 radical (unpaired) electrons. The van der Waals surface area contributed by atoms with Crippen molar-refractivity contribution in [2.24, 2.45) is 0 Å². The molecule has 0 bridgehead atoms. The molecule has 1 aromatic rings. The van der Waals surface area contributed by atoms with Crippen molar-refractivity contribution < 1.29 is 9.18 Å². The molecule has 1 atom stereocenters. The summed E-state index contributed by atoms with van der Waals surface area (Å²) in [4.78, 5) is 22.8. The van der Waals surface area contributed by atoms with E-state index in [2.05, 4.69) is 9.97 Å². The fraction of sp³-hybridized carbons (Fsp3) is 0.545. The first-order valence-electron chi connectivity index (χ1n) is 5.54. The van der Waals surface area contributed by atoms with Gasteiger partial charge >= 0.3 is 0 Å². The number of aromatic nitrogens is 2. The predicted molar refractivity (Wildman–Crippen MR) is 61.1 cm³/mol. The fourth-order valence-electron chi connectivity index (χ4n) is 1.97. The van der Waals surface area contributed by atoms with Crippen LogP contribution in [0.15, 0.2) is 12.4 Å². The first-order chi connectivity index (χ1) is 8.08. The van der Waals surface area contributed by atoms with Gasteiger partial charge in [0.25, 0.3) is 0 Å². The highest BCUT2D eigenvalue weighted by molar-refractivity contribution is 5.73. The Balaban J connectivity index is 2.02. The Labute approximate surface area is 99.3 Å². The minimum atomic E-state index is -0.439. The van der Waals surface area contributed by atoms with Crippen LogP contribution in [0.3, 0.4) is 0 Å². The molecule has 1 aliphatic rings. The number of carbonyl (C=O) groups is 1. The zero-order valence-electron chi connectivity index (χ0n) is 9.93. The van der Waals surface area contributed by atoms with Gasteiger partial charge in [0.05, 0.1) is 18.4 Å². The quantitative estimate of drug-likeness (QED) is 0.760. The van der Waals surface area contributed by atoms with Gasteiger partial charge in [0.2, 0.25) is 11.9 Å². The van der Waals surface area contributed by atoms with Crippen molar-refractivity contribution in [1.82, 2.24) is 14.9 Å². The number of nitrogens with zero attached hydrogens (tertiary/aromatic N) is 4. The number of hydrogen-bond donors (Lipinski definition) is 0. The van der Waals surface area contributed by atoms with E-state index in [9.17, 15) is 9.18 Å². The Morgan fingerprint density at radius 3 is 2.76 bits per heavy atom. The number of anilines is 1. The lowest BCUT2D eigenvalue weighted by Crippen LogP contribution is -2.37. The van der Waals surface area contributed by atoms with E-state index in [1.165, 1.54) is 0 Å². The second-order valence-corrected chi connectivity index (χ2v) is 4.22. The lowest BCUT2D eigenvalue weighted by Gasteiger charge is -2.23. The third kappa shape index (κ3) is 2.51. The summed E-state index contributed by atoms with van der Waals surface area (Å²) in [6, 6.07) is 0.182. The molecule has 5 nitrogen and oxygen atoms in total. The molecule has 1 aliphatic heterocycles. The summed E-state index contributed by atoms with van der Waals surface area (Å²) in [6.45, 7) is 3.03. The number of hydrogen-bond acceptors (Lipinski definition) is 4. The van der Waals surface area contributed by atoms with Crippen molar-refractivity contribution in [3.63, 3.8) is 0 Å². The SMILES string of the molecule is CC(=O)N(C)C1CCN(c2ncc(F)cn2)C1. The molecular formula is C11H15FN4O. The molecule has 2 rings (SSSR count). The number of rotatable bonds is 2. The van der Waals surface area contributed by atoms with Crippen molar-refractivity contribution in [3.05, 3.63) is 18.2 Å². The molecule has 0 aliphatic carbocycles. The van der Waals surface area contributed by atoms with E-state index in [1.807, 2.05) is 4.90 Å². The van der Waals surface area contributed by atoms with Crippen LogP contribution in [0.1, 0.15) is 13.3 Å². The van der Waals surface area contributed by atoms with Crippen LogP contribution in [0.4, 0.5) is 10.3 Å². The van der Waals surface area contributed by atoms with Crippen LogP contribution in [0.2, 0.25) is 0 Å². The lowest BCUT2D eigenvalue weighted by molar-refractivity contribution is -0.129. The first-order valence-corrected chi connectivity index (χ1v) is 5.54. The van der Waals surface area contributed by atoms with Crippen LogP contribution in [0.25, 0.3) is 0 Å². The van der Waals surface area contributed by atoms with Gasteiger partial charge in [-0.05, 0) is 6.42 Å². The van der Waals surface area contributed by atoms with Crippen molar-refractivity contribution >= 4 is 11.9 Å². The van der Waals surface area contributed by atoms with Gasteiger partial charge in [-0.25, -0.2) is 14.4 Å². The number of likely N-dealkylation sites (N-methyl/N-ethyl adjacent to an activating group) is 1. The van der Waals surface area contributed by atoms with Gasteiger partial charge in [0, 0.05) is 27.1 Å². The van der Waals surface area contributed by atoms with Gasteiger partial charge in [0.15, 0.2) is 5.82 Å². The monoisotopic (exact) mass is 238 g/mol. The average molecular weight is 238 g/mol. The summed E-state index contributed by atoms with van der Waals surface area (Å²) >= 11 is 0. The van der Waals surface area contributed by atoms with E-state index < -0.39 is 5.82 Å². The minimum absolute atomic E-state index is 0.0527. The molecule has 1 fully saturated rings. The van der Waals surface area contributed by atoms with E-state index in [1.54, 1.807) is 18.9 Å². The van der Waals surface area contributed by atoms with E-state index in [-0.39, 0.29) is 11.9 Å². The molecule has 1 unspecified atom stereocenters. The number of carbonyl (C=O) groups excluding carboxylic acids is 1. The Kier molecular flexibility index (Phi) is 3.21. The molecule has 1 aromatic heterocycles. The van der Waals surface area contributed by atoms with Crippen LogP contribution in [0, 0.1) is 5.82 Å². The van der Waals surface area contributed by atoms with E-state index in [0.29, 0.717) is 12.5 Å². The zero-order valence-corrected chi connectivity index (χ0v) is 9.93. The second kappa shape index (κ2) is 4.65. The molecule has 2 heterocycles. The maximum atomic E-state index is 12.7. The lowest BCUT2D eigenvalue weighted by atomic mass is 10.2. The maximum absolute atomic E-state index is 12.7. The Bertz CT molecular complexity index is 408. The van der Waals surface area contributed by atoms with E-state index >= 15 is 0 Å². The smallest absolute Gasteiger partial charge is 0.225 e. The third-order valence-corrected chi connectivity index (χ3v) is 3.10. The number of amides is 1. The second-order valence-electron chi connectivity index (χ2n) is 4.22. The summed E-state index contributed by atoms with van der Waals surface area (Å²) in [5.74, 6) is 0.132. The van der Waals surface area contributed by atoms with Crippen LogP contribution in [0.5, 0.6) is 0 Å². The van der Waals surface area contributed by atoms with Gasteiger partial charge in [-0.2, -0.15) is 0 Å². The van der Waals surface area contributed by atoms with Gasteiger partial charge in [0.1, 0.15) is 0 Å². The van der Waals surface area contributed by atoms with Crippen LogP contribution < -0.4 is 4.90 Å². The highest BCUT2D eigenvalue weighted by atomic mass is 19.1. The van der Waals surface area contributed by atoms with E-state index in [4.69, 9.17) is 0 Å². The highest BCUT2D eigenvalue weighted by Crippen LogP contribution is 2.18. The minimum Gasteiger partial charge on any atom is -0.341 e. The normalized spacial score (nSPS) is 19.5. The molecule has 1 amide bonds. The molecule has 0 N–H and O–H groups in total. The standard InChI is InChI=1S/C11H15FN4O/c1-8(17)15(2)10-3-4-16(7-10)11-13-5-9(12)6-14-11/h5-6,10H,3-4,7H2,1-2H3. The van der Waals surface area contributed by atoms with Gasteiger partial charge in [-0.1, -0.05) is 0 Å². The highest BCUT2D eigenvalue weighted by Gasteiger charge is 2.28. The van der Waals surface area contributed by atoms with Gasteiger partial charge in [-0.15, -0.1) is 0 Å². The molecule has 6 heteroatoms. The van der Waals surface area contributed by atoms with Crippen LogP contribution in [-0.4, -0.2) is 47.0 Å². The average Bonchev–Trinajstić information content (AvgIpc) is 2.78. The van der Waals surface area contributed by atoms with Crippen molar-refractivity contribution in [2.75, 3.05) is 25.0 Å². The van der Waals surface area contributed by atoms with Gasteiger partial charge in [-0.3, -0.25) is 4.79 Å². The Morgan fingerprint density at radius 2 is 2.18 bits per heavy atom. The summed E-state index contributed by atoms with van der Waals surface area (Å²) in [5.41, 5.74) is 0. The maximum Gasteiger partial charge on any atom is 0.225 e. The molecular weight excluding hydrogens is 223 g/mol. The van der Waals surface area contributed by atoms with E-state index in [0.717, 1.165) is 25.4 Å². The summed E-state index contributed by atoms with van der Waals surface area (Å²) in [6.07, 6.45) is 3.20. The topological polar surface area (TPSA) is 49.3 Å². The predicted octanol–water partition coefficient (Wildman–Crippen LogP) is 0.673. The Hall–Kier alpha value is -1.72. The largest absolute Gasteiger partial charge is 0.341 e. The molecule has 0 spiro atoms. The van der Waals surface area contributed by atoms with Crippen molar-refractivity contribution in [3.8, 4) is 0 Å². The molecule has 0 aromatic carbocycles. The Morgan fingerprint density at radius 1 is 1.53 bits per heavy atom.